The summed E-state index contributed by atoms with van der Waals surface area (Å²) in [5.41, 5.74) is 4.36. The zero-order valence-corrected chi connectivity index (χ0v) is 19.2. The number of nitro groups is 1. The molecule has 0 amide bonds. The van der Waals surface area contributed by atoms with Gasteiger partial charge in [0.2, 0.25) is 5.82 Å². The van der Waals surface area contributed by atoms with Gasteiger partial charge in [-0.05, 0) is 31.4 Å². The highest BCUT2D eigenvalue weighted by Crippen LogP contribution is 2.39. The smallest absolute Gasteiger partial charge is 0.334 e. The van der Waals surface area contributed by atoms with Crippen LogP contribution >= 0.6 is 0 Å². The number of aromatic nitrogens is 1. The van der Waals surface area contributed by atoms with Crippen molar-refractivity contribution in [3.8, 4) is 0 Å². The molecule has 3 rings (SSSR count). The van der Waals surface area contributed by atoms with Crippen molar-refractivity contribution in [2.45, 2.75) is 40.3 Å². The molecular formula is C26H32N4O2. The average molecular weight is 433 g/mol. The lowest BCUT2D eigenvalue weighted by Gasteiger charge is -2.26. The summed E-state index contributed by atoms with van der Waals surface area (Å²) >= 11 is 0. The summed E-state index contributed by atoms with van der Waals surface area (Å²) in [6.45, 7) is 13.6. The summed E-state index contributed by atoms with van der Waals surface area (Å²) in [5.74, 6) is 0.398. The summed E-state index contributed by atoms with van der Waals surface area (Å²) in [4.78, 5) is 18.6. The molecule has 0 atom stereocenters. The molecule has 0 bridgehead atoms. The minimum absolute atomic E-state index is 0.0402. The quantitative estimate of drug-likeness (QED) is 0.239. The van der Waals surface area contributed by atoms with Crippen LogP contribution < -0.4 is 10.2 Å². The van der Waals surface area contributed by atoms with Crippen LogP contribution in [0.1, 0.15) is 35.7 Å². The lowest BCUT2D eigenvalue weighted by atomic mass is 10.1. The van der Waals surface area contributed by atoms with E-state index in [4.69, 9.17) is 4.98 Å². The second kappa shape index (κ2) is 12.2. The first-order chi connectivity index (χ1) is 15.5. The van der Waals surface area contributed by atoms with E-state index in [1.165, 1.54) is 0 Å². The molecule has 0 aliphatic heterocycles. The van der Waals surface area contributed by atoms with E-state index in [0.717, 1.165) is 28.8 Å². The number of nitrogens with one attached hydrogen (secondary N) is 1. The number of pyridine rings is 1. The molecule has 6 heteroatoms. The van der Waals surface area contributed by atoms with Gasteiger partial charge in [0.15, 0.2) is 0 Å². The molecule has 0 radical (unpaired) electrons. The Bertz CT molecular complexity index is 966. The maximum atomic E-state index is 12.2. The van der Waals surface area contributed by atoms with E-state index < -0.39 is 0 Å². The molecule has 2 aromatic carbocycles. The SMILES string of the molecule is C=C.CCCNc1c(C)c(C)nc(N(Cc2ccccc2)Cc2ccccc2)c1[N+](=O)[O-]. The van der Waals surface area contributed by atoms with Gasteiger partial charge in [-0.3, -0.25) is 10.1 Å². The van der Waals surface area contributed by atoms with Gasteiger partial charge >= 0.3 is 5.69 Å². The van der Waals surface area contributed by atoms with Gasteiger partial charge in [0.05, 0.1) is 4.92 Å². The average Bonchev–Trinajstić information content (AvgIpc) is 2.81. The molecule has 1 aromatic heterocycles. The number of anilines is 2. The van der Waals surface area contributed by atoms with Crippen LogP contribution in [0.5, 0.6) is 0 Å². The van der Waals surface area contributed by atoms with Crippen LogP contribution in [0.3, 0.4) is 0 Å². The fraction of sp³-hybridized carbons (Fsp3) is 0.269. The lowest BCUT2D eigenvalue weighted by molar-refractivity contribution is -0.383. The highest BCUT2D eigenvalue weighted by molar-refractivity contribution is 5.77. The van der Waals surface area contributed by atoms with Crippen LogP contribution in [-0.4, -0.2) is 16.5 Å². The minimum Gasteiger partial charge on any atom is -0.379 e. The standard InChI is InChI=1S/C24H28N4O2.C2H4/c1-4-15-25-22-18(2)19(3)26-24(23(22)28(29)30)27(16-20-11-7-5-8-12-20)17-21-13-9-6-10-14-21;1-2/h5-14H,4,15-17H2,1-3H3,(H,25,26);1-2H2. The predicted molar refractivity (Wildman–Crippen MR) is 133 cm³/mol. The normalized spacial score (nSPS) is 10.1. The third-order valence-corrected chi connectivity index (χ3v) is 5.11. The van der Waals surface area contributed by atoms with Gasteiger partial charge in [-0.1, -0.05) is 67.6 Å². The first-order valence-corrected chi connectivity index (χ1v) is 10.7. The molecule has 0 saturated carbocycles. The molecule has 32 heavy (non-hydrogen) atoms. The first kappa shape index (κ1) is 24.6. The Morgan fingerprint density at radius 3 is 1.91 bits per heavy atom. The number of nitrogens with zero attached hydrogens (tertiary/aromatic N) is 3. The van der Waals surface area contributed by atoms with Crippen LogP contribution in [0.4, 0.5) is 17.2 Å². The summed E-state index contributed by atoms with van der Waals surface area (Å²) in [5, 5.41) is 15.4. The Hall–Kier alpha value is -3.67. The van der Waals surface area contributed by atoms with Gasteiger partial charge in [-0.15, -0.1) is 13.2 Å². The molecular weight excluding hydrogens is 400 g/mol. The number of benzene rings is 2. The van der Waals surface area contributed by atoms with Gasteiger partial charge in [-0.2, -0.15) is 0 Å². The van der Waals surface area contributed by atoms with E-state index in [1.54, 1.807) is 0 Å². The van der Waals surface area contributed by atoms with Crippen molar-refractivity contribution >= 4 is 17.2 Å². The van der Waals surface area contributed by atoms with E-state index in [9.17, 15) is 10.1 Å². The third kappa shape index (κ3) is 6.17. The van der Waals surface area contributed by atoms with Crippen molar-refractivity contribution in [1.82, 2.24) is 4.98 Å². The summed E-state index contributed by atoms with van der Waals surface area (Å²) < 4.78 is 0. The zero-order valence-electron chi connectivity index (χ0n) is 19.2. The Balaban J connectivity index is 0.00000176. The molecule has 6 nitrogen and oxygen atoms in total. The molecule has 0 fully saturated rings. The Labute approximate surface area is 190 Å². The third-order valence-electron chi connectivity index (χ3n) is 5.11. The van der Waals surface area contributed by atoms with E-state index >= 15 is 0 Å². The monoisotopic (exact) mass is 432 g/mol. The minimum atomic E-state index is -0.310. The summed E-state index contributed by atoms with van der Waals surface area (Å²) in [6, 6.07) is 20.0. The Morgan fingerprint density at radius 1 is 0.969 bits per heavy atom. The predicted octanol–water partition coefficient (Wildman–Crippen LogP) is 6.44. The summed E-state index contributed by atoms with van der Waals surface area (Å²) in [7, 11) is 0. The van der Waals surface area contributed by atoms with Crippen molar-refractivity contribution in [3.63, 3.8) is 0 Å². The van der Waals surface area contributed by atoms with Crippen LogP contribution in [0.25, 0.3) is 0 Å². The highest BCUT2D eigenvalue weighted by atomic mass is 16.6. The summed E-state index contributed by atoms with van der Waals surface area (Å²) in [6.07, 6.45) is 0.880. The van der Waals surface area contributed by atoms with E-state index in [2.05, 4.69) is 18.5 Å². The van der Waals surface area contributed by atoms with E-state index in [0.29, 0.717) is 31.1 Å². The molecule has 1 heterocycles. The van der Waals surface area contributed by atoms with Crippen LogP contribution in [0.15, 0.2) is 73.8 Å². The van der Waals surface area contributed by atoms with Crippen LogP contribution in [0.2, 0.25) is 0 Å². The fourth-order valence-corrected chi connectivity index (χ4v) is 3.44. The van der Waals surface area contributed by atoms with E-state index in [-0.39, 0.29) is 10.6 Å². The number of aryl methyl sites for hydroxylation is 1. The topological polar surface area (TPSA) is 71.3 Å². The second-order valence-electron chi connectivity index (χ2n) is 7.38. The van der Waals surface area contributed by atoms with Gasteiger partial charge in [-0.25, -0.2) is 4.98 Å². The highest BCUT2D eigenvalue weighted by Gasteiger charge is 2.29. The maximum absolute atomic E-state index is 12.2. The molecule has 3 aromatic rings. The van der Waals surface area contributed by atoms with Crippen molar-refractivity contribution in [2.24, 2.45) is 0 Å². The largest absolute Gasteiger partial charge is 0.379 e. The fourth-order valence-electron chi connectivity index (χ4n) is 3.44. The zero-order chi connectivity index (χ0) is 23.5. The van der Waals surface area contributed by atoms with E-state index in [1.807, 2.05) is 86.3 Å². The molecule has 168 valence electrons. The van der Waals surface area contributed by atoms with Gasteiger partial charge < -0.3 is 10.2 Å². The molecule has 0 aliphatic carbocycles. The van der Waals surface area contributed by atoms with Crippen molar-refractivity contribution in [1.29, 1.82) is 0 Å². The van der Waals surface area contributed by atoms with Crippen LogP contribution in [0, 0.1) is 24.0 Å². The lowest BCUT2D eigenvalue weighted by Crippen LogP contribution is -2.25. The maximum Gasteiger partial charge on any atom is 0.334 e. The Morgan fingerprint density at radius 2 is 1.47 bits per heavy atom. The second-order valence-corrected chi connectivity index (χ2v) is 7.38. The molecule has 1 N–H and O–H groups in total. The Kier molecular flexibility index (Phi) is 9.42. The van der Waals surface area contributed by atoms with Gasteiger partial charge in [0.1, 0.15) is 5.69 Å². The molecule has 0 spiro atoms. The molecule has 0 unspecified atom stereocenters. The van der Waals surface area contributed by atoms with Crippen molar-refractivity contribution in [3.05, 3.63) is 106 Å². The van der Waals surface area contributed by atoms with Gasteiger partial charge in [0.25, 0.3) is 0 Å². The van der Waals surface area contributed by atoms with Gasteiger partial charge in [0, 0.05) is 30.9 Å². The number of rotatable bonds is 9. The van der Waals surface area contributed by atoms with Crippen molar-refractivity contribution in [2.75, 3.05) is 16.8 Å². The molecule has 0 aliphatic rings. The first-order valence-electron chi connectivity index (χ1n) is 10.7. The number of hydrogen-bond donors (Lipinski definition) is 1. The number of hydrogen-bond acceptors (Lipinski definition) is 5. The molecule has 0 saturated heterocycles. The van der Waals surface area contributed by atoms with Crippen molar-refractivity contribution < 1.29 is 4.92 Å². The van der Waals surface area contributed by atoms with Crippen LogP contribution in [-0.2, 0) is 13.1 Å².